The van der Waals surface area contributed by atoms with Gasteiger partial charge in [0.25, 0.3) is 21.9 Å². The van der Waals surface area contributed by atoms with Gasteiger partial charge in [-0.3, -0.25) is 23.5 Å². The Morgan fingerprint density at radius 2 is 1.43 bits per heavy atom. The first-order valence-electron chi connectivity index (χ1n) is 16.4. The molecule has 3 fully saturated rings. The largest absolute Gasteiger partial charge is 0.343 e. The summed E-state index contributed by atoms with van der Waals surface area (Å²) in [6.45, 7) is 7.07. The maximum atomic E-state index is 12.7. The lowest BCUT2D eigenvalue weighted by Gasteiger charge is -2.40. The van der Waals surface area contributed by atoms with Crippen LogP contribution < -0.4 is 0 Å². The van der Waals surface area contributed by atoms with Crippen molar-refractivity contribution < 1.29 is 50.7 Å². The second-order valence-corrected chi connectivity index (χ2v) is 15.2. The van der Waals surface area contributed by atoms with Crippen LogP contribution in [0.3, 0.4) is 0 Å². The average Bonchev–Trinajstić information content (AvgIpc) is 3.55. The number of amides is 2. The number of carbonyl (C=O) groups excluding carboxylic acids is 3. The molecule has 0 N–H and O–H groups in total. The lowest BCUT2D eigenvalue weighted by Crippen LogP contribution is -2.60. The van der Waals surface area contributed by atoms with E-state index in [1.54, 1.807) is 52.0 Å². The summed E-state index contributed by atoms with van der Waals surface area (Å²) in [6.07, 6.45) is 6.80. The van der Waals surface area contributed by atoms with Gasteiger partial charge in [0.1, 0.15) is 36.5 Å². The van der Waals surface area contributed by atoms with Crippen molar-refractivity contribution in [1.82, 2.24) is 4.90 Å². The molecule has 4 heterocycles. The summed E-state index contributed by atoms with van der Waals surface area (Å²) in [5, 5.41) is 0. The number of rotatable bonds is 17. The van der Waals surface area contributed by atoms with E-state index >= 15 is 0 Å². The van der Waals surface area contributed by atoms with Gasteiger partial charge in [0.05, 0.1) is 17.7 Å². The molecule has 4 aliphatic heterocycles. The van der Waals surface area contributed by atoms with Crippen LogP contribution >= 0.6 is 0 Å². The first kappa shape index (κ1) is 35.1. The maximum absolute atomic E-state index is 12.7. The van der Waals surface area contributed by atoms with Crippen LogP contribution in [0.25, 0.3) is 0 Å². The summed E-state index contributed by atoms with van der Waals surface area (Å²) in [5.41, 5.74) is 0.979. The zero-order chi connectivity index (χ0) is 33.2. The van der Waals surface area contributed by atoms with Crippen LogP contribution in [0.15, 0.2) is 24.3 Å². The predicted octanol–water partition coefficient (Wildman–Crippen LogP) is 4.50. The van der Waals surface area contributed by atoms with Crippen molar-refractivity contribution in [3.8, 4) is 0 Å². The quantitative estimate of drug-likeness (QED) is 0.132. The number of fused-ring (bicyclic) bond motifs is 4. The highest BCUT2D eigenvalue weighted by Gasteiger charge is 2.65. The van der Waals surface area contributed by atoms with Crippen molar-refractivity contribution in [2.24, 2.45) is 0 Å². The van der Waals surface area contributed by atoms with E-state index in [0.29, 0.717) is 24.1 Å². The molecular formula is C33H47NO11S. The molecule has 1 unspecified atom stereocenters. The minimum absolute atomic E-state index is 0.116. The average molecular weight is 666 g/mol. The van der Waals surface area contributed by atoms with E-state index in [9.17, 15) is 22.8 Å². The Kier molecular flexibility index (Phi) is 10.7. The summed E-state index contributed by atoms with van der Waals surface area (Å²) in [5.74, 6) is -4.93. The fourth-order valence-electron chi connectivity index (χ4n) is 6.70. The summed E-state index contributed by atoms with van der Waals surface area (Å²) in [6, 6.07) is 6.94. The molecule has 5 rings (SSSR count). The van der Waals surface area contributed by atoms with E-state index in [2.05, 4.69) is 0 Å². The third kappa shape index (κ3) is 8.23. The van der Waals surface area contributed by atoms with Gasteiger partial charge >= 0.3 is 0 Å². The van der Waals surface area contributed by atoms with Crippen LogP contribution in [0.1, 0.15) is 113 Å². The molecule has 0 aliphatic carbocycles. The van der Waals surface area contributed by atoms with Gasteiger partial charge in [0.15, 0.2) is 11.6 Å². The lowest BCUT2D eigenvalue weighted by atomic mass is 9.98. The molecule has 1 aromatic carbocycles. The Balaban J connectivity index is 0.922. The monoisotopic (exact) mass is 665 g/mol. The van der Waals surface area contributed by atoms with Crippen molar-refractivity contribution in [2.75, 3.05) is 25.5 Å². The molecule has 46 heavy (non-hydrogen) atoms. The van der Waals surface area contributed by atoms with Gasteiger partial charge in [-0.1, -0.05) is 57.1 Å². The molecule has 0 bridgehead atoms. The molecular weight excluding hydrogens is 618 g/mol. The van der Waals surface area contributed by atoms with Crippen LogP contribution in [0.4, 0.5) is 0 Å². The van der Waals surface area contributed by atoms with Gasteiger partial charge < -0.3 is 23.7 Å². The van der Waals surface area contributed by atoms with E-state index in [1.165, 1.54) is 4.90 Å². The normalized spacial score (nSPS) is 27.9. The number of imide groups is 1. The molecule has 1 aromatic rings. The standard InChI is InChI=1S/C33H47NO11S/c1-31(2)42-26-20-40-33(28(27(26)43-31)44-32(3,4)45-33)22-41-46(38,39)21-23(35)16-12-10-8-6-5-7-9-11-15-19-34-29(36)24-17-13-14-18-25(24)30(34)37/h13-14,17-18,26-28H,5-12,15-16,19-22H2,1-4H3/t26-,27-,28?,33+/m1/s1. The third-order valence-corrected chi connectivity index (χ3v) is 9.92. The number of Topliss-reactive ketones (excluding diaryl/α,β-unsaturated/α-hetero) is 1. The van der Waals surface area contributed by atoms with E-state index in [1.807, 2.05) is 0 Å². The number of nitrogens with zero attached hydrogens (tertiary/aromatic N) is 1. The molecule has 0 radical (unpaired) electrons. The molecule has 12 nitrogen and oxygen atoms in total. The Bertz CT molecular complexity index is 1360. The number of hydrogen-bond acceptors (Lipinski definition) is 11. The first-order valence-corrected chi connectivity index (χ1v) is 18.0. The number of unbranched alkanes of at least 4 members (excludes halogenated alkanes) is 8. The van der Waals surface area contributed by atoms with E-state index in [4.69, 9.17) is 27.9 Å². The molecule has 13 heteroatoms. The van der Waals surface area contributed by atoms with Crippen molar-refractivity contribution >= 4 is 27.7 Å². The zero-order valence-corrected chi connectivity index (χ0v) is 28.1. The Morgan fingerprint density at radius 1 is 0.848 bits per heavy atom. The Labute approximate surface area is 271 Å². The maximum Gasteiger partial charge on any atom is 0.274 e. The zero-order valence-electron chi connectivity index (χ0n) is 27.3. The van der Waals surface area contributed by atoms with Gasteiger partial charge in [0.2, 0.25) is 5.79 Å². The van der Waals surface area contributed by atoms with E-state index in [-0.39, 0.29) is 24.8 Å². The SMILES string of the molecule is CC1(C)O[C@@H]2CO[C@@]3(COS(=O)(=O)CC(=O)CCCCCCCCCCCN4C(=O)c5ccccc5C4=O)OC(C)(C)OC3[C@@H]2O1. The smallest absolute Gasteiger partial charge is 0.274 e. The molecule has 0 aromatic heterocycles. The summed E-state index contributed by atoms with van der Waals surface area (Å²) < 4.78 is 60.6. The van der Waals surface area contributed by atoms with Gasteiger partial charge in [-0.2, -0.15) is 8.42 Å². The van der Waals surface area contributed by atoms with Crippen LogP contribution in [0, 0.1) is 0 Å². The third-order valence-electron chi connectivity index (χ3n) is 8.77. The molecule has 0 spiro atoms. The lowest BCUT2D eigenvalue weighted by molar-refractivity contribution is -0.290. The highest BCUT2D eigenvalue weighted by atomic mass is 32.2. The number of ketones is 1. The second kappa shape index (κ2) is 14.1. The van der Waals surface area contributed by atoms with Crippen molar-refractivity contribution in [3.05, 3.63) is 35.4 Å². The van der Waals surface area contributed by atoms with Crippen molar-refractivity contribution in [3.63, 3.8) is 0 Å². The van der Waals surface area contributed by atoms with Gasteiger partial charge in [-0.15, -0.1) is 0 Å². The number of carbonyl (C=O) groups is 3. The highest BCUT2D eigenvalue weighted by Crippen LogP contribution is 2.47. The molecule has 4 atom stereocenters. The minimum atomic E-state index is -4.17. The molecule has 2 amide bonds. The summed E-state index contributed by atoms with van der Waals surface area (Å²) >= 11 is 0. The molecule has 256 valence electrons. The van der Waals surface area contributed by atoms with E-state index in [0.717, 1.165) is 51.4 Å². The number of benzene rings is 1. The Hall–Kier alpha value is -2.26. The summed E-state index contributed by atoms with van der Waals surface area (Å²) in [7, 11) is -4.17. The Morgan fingerprint density at radius 3 is 2.07 bits per heavy atom. The van der Waals surface area contributed by atoms with Crippen LogP contribution in [-0.2, 0) is 42.8 Å². The predicted molar refractivity (Wildman–Crippen MR) is 165 cm³/mol. The fraction of sp³-hybridized carbons (Fsp3) is 0.727. The molecule has 4 aliphatic rings. The molecule has 0 saturated carbocycles. The van der Waals surface area contributed by atoms with Crippen molar-refractivity contribution in [2.45, 2.75) is 128 Å². The fourth-order valence-corrected chi connectivity index (χ4v) is 7.67. The highest BCUT2D eigenvalue weighted by molar-refractivity contribution is 7.87. The first-order chi connectivity index (χ1) is 21.7. The van der Waals surface area contributed by atoms with Gasteiger partial charge in [-0.25, -0.2) is 0 Å². The van der Waals surface area contributed by atoms with E-state index < -0.39 is 63.9 Å². The van der Waals surface area contributed by atoms with Crippen molar-refractivity contribution in [1.29, 1.82) is 0 Å². The molecule has 3 saturated heterocycles. The number of ether oxygens (including phenoxy) is 5. The number of hydrogen-bond donors (Lipinski definition) is 0. The minimum Gasteiger partial charge on any atom is -0.343 e. The second-order valence-electron chi connectivity index (χ2n) is 13.5. The van der Waals surface area contributed by atoms with Gasteiger partial charge in [-0.05, 0) is 52.7 Å². The van der Waals surface area contributed by atoms with Crippen LogP contribution in [0.2, 0.25) is 0 Å². The van der Waals surface area contributed by atoms with Crippen LogP contribution in [-0.4, -0.2) is 92.1 Å². The van der Waals surface area contributed by atoms with Crippen LogP contribution in [0.5, 0.6) is 0 Å². The summed E-state index contributed by atoms with van der Waals surface area (Å²) in [4.78, 5) is 38.7. The van der Waals surface area contributed by atoms with Gasteiger partial charge in [0, 0.05) is 13.0 Å². The topological polar surface area (TPSA) is 144 Å².